The summed E-state index contributed by atoms with van der Waals surface area (Å²) in [7, 11) is 1.89. The van der Waals surface area contributed by atoms with Gasteiger partial charge >= 0.3 is 0 Å². The molecule has 0 amide bonds. The van der Waals surface area contributed by atoms with Crippen LogP contribution in [0.4, 0.5) is 0 Å². The second kappa shape index (κ2) is 4.38. The van der Waals surface area contributed by atoms with Gasteiger partial charge in [-0.25, -0.2) is 15.4 Å². The third kappa shape index (κ3) is 1.93. The normalized spacial score (nSPS) is 12.7. The van der Waals surface area contributed by atoms with Gasteiger partial charge in [0.2, 0.25) is 0 Å². The number of aromatic nitrogens is 4. The molecule has 0 radical (unpaired) electrons. The van der Waals surface area contributed by atoms with Gasteiger partial charge in [-0.1, -0.05) is 0 Å². The van der Waals surface area contributed by atoms with Gasteiger partial charge in [0, 0.05) is 25.0 Å². The van der Waals surface area contributed by atoms with Gasteiger partial charge in [-0.05, 0) is 13.0 Å². The Kier molecular flexibility index (Phi) is 2.93. The van der Waals surface area contributed by atoms with Crippen LogP contribution in [-0.4, -0.2) is 19.7 Å². The molecular formula is C10H14N6. The van der Waals surface area contributed by atoms with Crippen LogP contribution in [0.2, 0.25) is 0 Å². The lowest BCUT2D eigenvalue weighted by atomic mass is 10.1. The number of hydrogen-bond donors (Lipinski definition) is 2. The van der Waals surface area contributed by atoms with Crippen molar-refractivity contribution in [2.45, 2.75) is 13.0 Å². The standard InChI is InChI=1S/C10H14N6/c1-7-3-9(16(2)15-7)10(14-11)8-4-12-6-13-5-8/h3-6,10,14H,11H2,1-2H3. The molecule has 0 spiro atoms. The van der Waals surface area contributed by atoms with Crippen LogP contribution in [0, 0.1) is 6.92 Å². The van der Waals surface area contributed by atoms with Gasteiger partial charge < -0.3 is 0 Å². The molecule has 0 fully saturated rings. The molecule has 0 aliphatic heterocycles. The first-order valence-electron chi connectivity index (χ1n) is 4.94. The lowest BCUT2D eigenvalue weighted by Crippen LogP contribution is -2.30. The lowest BCUT2D eigenvalue weighted by molar-refractivity contribution is 0.571. The molecule has 2 rings (SSSR count). The molecule has 6 nitrogen and oxygen atoms in total. The van der Waals surface area contributed by atoms with Crippen molar-refractivity contribution in [1.82, 2.24) is 25.2 Å². The van der Waals surface area contributed by atoms with E-state index in [0.717, 1.165) is 17.0 Å². The van der Waals surface area contributed by atoms with E-state index >= 15 is 0 Å². The van der Waals surface area contributed by atoms with E-state index in [1.165, 1.54) is 6.33 Å². The van der Waals surface area contributed by atoms with E-state index in [1.54, 1.807) is 17.1 Å². The second-order valence-corrected chi connectivity index (χ2v) is 3.61. The predicted octanol–water partition coefficient (Wildman–Crippen LogP) is 0.0712. The summed E-state index contributed by atoms with van der Waals surface area (Å²) in [6.07, 6.45) is 4.96. The zero-order valence-corrected chi connectivity index (χ0v) is 9.25. The third-order valence-corrected chi connectivity index (χ3v) is 2.41. The van der Waals surface area contributed by atoms with Crippen molar-refractivity contribution in [1.29, 1.82) is 0 Å². The van der Waals surface area contributed by atoms with Gasteiger partial charge in [0.1, 0.15) is 6.33 Å². The van der Waals surface area contributed by atoms with Crippen molar-refractivity contribution in [3.63, 3.8) is 0 Å². The van der Waals surface area contributed by atoms with Crippen LogP contribution >= 0.6 is 0 Å². The van der Waals surface area contributed by atoms with Crippen molar-refractivity contribution in [3.8, 4) is 0 Å². The molecule has 0 aliphatic carbocycles. The largest absolute Gasteiger partial charge is 0.271 e. The molecule has 0 aromatic carbocycles. The molecule has 16 heavy (non-hydrogen) atoms. The summed E-state index contributed by atoms with van der Waals surface area (Å²) in [5.74, 6) is 5.57. The molecule has 3 N–H and O–H groups in total. The minimum atomic E-state index is -0.146. The summed E-state index contributed by atoms with van der Waals surface area (Å²) in [5, 5.41) is 4.29. The van der Waals surface area contributed by atoms with E-state index in [2.05, 4.69) is 20.5 Å². The minimum absolute atomic E-state index is 0.146. The van der Waals surface area contributed by atoms with E-state index in [9.17, 15) is 0 Å². The van der Waals surface area contributed by atoms with Crippen molar-refractivity contribution < 1.29 is 0 Å². The second-order valence-electron chi connectivity index (χ2n) is 3.61. The van der Waals surface area contributed by atoms with E-state index in [1.807, 2.05) is 20.0 Å². The fourth-order valence-corrected chi connectivity index (χ4v) is 1.71. The summed E-state index contributed by atoms with van der Waals surface area (Å²) in [4.78, 5) is 7.96. The molecule has 1 unspecified atom stereocenters. The molecule has 84 valence electrons. The molecule has 0 aliphatic rings. The maximum Gasteiger partial charge on any atom is 0.115 e. The zero-order valence-electron chi connectivity index (χ0n) is 9.25. The van der Waals surface area contributed by atoms with Gasteiger partial charge in [0.25, 0.3) is 0 Å². The molecule has 2 aromatic rings. The third-order valence-electron chi connectivity index (χ3n) is 2.41. The number of hydrogen-bond acceptors (Lipinski definition) is 5. The van der Waals surface area contributed by atoms with Crippen LogP contribution < -0.4 is 11.3 Å². The highest BCUT2D eigenvalue weighted by molar-refractivity contribution is 5.24. The molecule has 0 bridgehead atoms. The number of nitrogens with two attached hydrogens (primary N) is 1. The maximum atomic E-state index is 5.57. The first kappa shape index (κ1) is 10.7. The molecule has 1 atom stereocenters. The Balaban J connectivity index is 2.40. The Morgan fingerprint density at radius 2 is 2.06 bits per heavy atom. The summed E-state index contributed by atoms with van der Waals surface area (Å²) >= 11 is 0. The van der Waals surface area contributed by atoms with Crippen LogP contribution in [0.5, 0.6) is 0 Å². The van der Waals surface area contributed by atoms with Crippen molar-refractivity contribution in [3.05, 3.63) is 41.7 Å². The van der Waals surface area contributed by atoms with Gasteiger partial charge in [0.15, 0.2) is 0 Å². The van der Waals surface area contributed by atoms with Crippen LogP contribution in [0.25, 0.3) is 0 Å². The van der Waals surface area contributed by atoms with E-state index in [-0.39, 0.29) is 6.04 Å². The number of nitrogens with one attached hydrogen (secondary N) is 1. The highest BCUT2D eigenvalue weighted by atomic mass is 15.3. The van der Waals surface area contributed by atoms with Crippen LogP contribution in [0.1, 0.15) is 23.0 Å². The fourth-order valence-electron chi connectivity index (χ4n) is 1.71. The average molecular weight is 218 g/mol. The predicted molar refractivity (Wildman–Crippen MR) is 59.1 cm³/mol. The average Bonchev–Trinajstić information content (AvgIpc) is 2.61. The summed E-state index contributed by atoms with van der Waals surface area (Å²) in [5.41, 5.74) is 5.59. The summed E-state index contributed by atoms with van der Waals surface area (Å²) in [6.45, 7) is 1.94. The van der Waals surface area contributed by atoms with Crippen molar-refractivity contribution in [2.75, 3.05) is 0 Å². The Morgan fingerprint density at radius 3 is 2.56 bits per heavy atom. The highest BCUT2D eigenvalue weighted by Crippen LogP contribution is 2.19. The molecule has 2 heterocycles. The first-order chi connectivity index (χ1) is 7.72. The van der Waals surface area contributed by atoms with Gasteiger partial charge in [-0.3, -0.25) is 10.5 Å². The van der Waals surface area contributed by atoms with Crippen LogP contribution in [0.15, 0.2) is 24.8 Å². The Hall–Kier alpha value is -1.79. The number of hydrazine groups is 1. The molecular weight excluding hydrogens is 204 g/mol. The topological polar surface area (TPSA) is 81.6 Å². The molecule has 6 heteroatoms. The van der Waals surface area contributed by atoms with E-state index in [4.69, 9.17) is 5.84 Å². The Morgan fingerprint density at radius 1 is 1.38 bits per heavy atom. The Bertz CT molecular complexity index is 463. The monoisotopic (exact) mass is 218 g/mol. The van der Waals surface area contributed by atoms with E-state index in [0.29, 0.717) is 0 Å². The van der Waals surface area contributed by atoms with Crippen molar-refractivity contribution >= 4 is 0 Å². The van der Waals surface area contributed by atoms with Gasteiger partial charge in [-0.15, -0.1) is 0 Å². The van der Waals surface area contributed by atoms with E-state index < -0.39 is 0 Å². The van der Waals surface area contributed by atoms with Gasteiger partial charge in [0.05, 0.1) is 17.4 Å². The lowest BCUT2D eigenvalue weighted by Gasteiger charge is -2.15. The molecule has 0 saturated heterocycles. The number of rotatable bonds is 3. The van der Waals surface area contributed by atoms with Crippen LogP contribution in [-0.2, 0) is 7.05 Å². The number of aryl methyl sites for hydroxylation is 2. The SMILES string of the molecule is Cc1cc(C(NN)c2cncnc2)n(C)n1. The molecule has 0 saturated carbocycles. The quantitative estimate of drug-likeness (QED) is 0.563. The maximum absolute atomic E-state index is 5.57. The number of nitrogens with zero attached hydrogens (tertiary/aromatic N) is 4. The highest BCUT2D eigenvalue weighted by Gasteiger charge is 2.17. The summed E-state index contributed by atoms with van der Waals surface area (Å²) in [6, 6.07) is 1.84. The Labute approximate surface area is 93.5 Å². The van der Waals surface area contributed by atoms with Crippen molar-refractivity contribution in [2.24, 2.45) is 12.9 Å². The smallest absolute Gasteiger partial charge is 0.115 e. The first-order valence-corrected chi connectivity index (χ1v) is 4.94. The zero-order chi connectivity index (χ0) is 11.5. The van der Waals surface area contributed by atoms with Crippen LogP contribution in [0.3, 0.4) is 0 Å². The summed E-state index contributed by atoms with van der Waals surface area (Å²) < 4.78 is 1.80. The fraction of sp³-hybridized carbons (Fsp3) is 0.300. The molecule has 2 aromatic heterocycles. The minimum Gasteiger partial charge on any atom is -0.271 e. The van der Waals surface area contributed by atoms with Gasteiger partial charge in [-0.2, -0.15) is 5.10 Å².